The van der Waals surface area contributed by atoms with Gasteiger partial charge in [0.25, 0.3) is 0 Å². The summed E-state index contributed by atoms with van der Waals surface area (Å²) in [7, 11) is 0. The molecule has 13 nitrogen and oxygen atoms in total. The van der Waals surface area contributed by atoms with E-state index < -0.39 is 35.8 Å². The van der Waals surface area contributed by atoms with E-state index in [1.54, 1.807) is 0 Å². The fraction of sp³-hybridized carbons (Fsp3) is 0.500. The molecule has 0 aromatic carbocycles. The van der Waals surface area contributed by atoms with Crippen LogP contribution in [0.5, 0.6) is 0 Å². The predicted octanol–water partition coefficient (Wildman–Crippen LogP) is -9.16. The Labute approximate surface area is 183 Å². The average molecular weight is 407 g/mol. The molecule has 29 heavy (non-hydrogen) atoms. The van der Waals surface area contributed by atoms with Crippen LogP contribution in [0.25, 0.3) is 0 Å². The number of carboxylic acids is 6. The molecule has 1 N–H and O–H groups in total. The van der Waals surface area contributed by atoms with Gasteiger partial charge in [0.05, 0.1) is 0 Å². The molecule has 0 amide bonds. The second-order valence-corrected chi connectivity index (χ2v) is 2.95. The van der Waals surface area contributed by atoms with Gasteiger partial charge < -0.3 is 64.9 Å². The summed E-state index contributed by atoms with van der Waals surface area (Å²) in [4.78, 5) is 53.3. The molecule has 0 radical (unpaired) electrons. The Balaban J connectivity index is -0.0000000144. The first kappa shape index (κ1) is 71.8. The average Bonchev–Trinajstić information content (AvgIpc) is 2.08. The van der Waals surface area contributed by atoms with Crippen LogP contribution in [0.3, 0.4) is 0 Å². The van der Waals surface area contributed by atoms with Gasteiger partial charge in [-0.2, -0.15) is 0 Å². The smallest absolute Gasteiger partial charge is 0.870 e. The SMILES string of the molecule is CC(=O)[O-].CC(=O)[O-].CC(=O)[O-].CC(=O)[O-].CC(=O)[O-].CC(=O)[O-].[Be+2].[Be+2].[Be+2].[Be+2].[OH-]. The maximum absolute atomic E-state index is 8.89. The predicted molar refractivity (Wildman–Crippen MR) is 89.0 cm³/mol. The summed E-state index contributed by atoms with van der Waals surface area (Å²) in [6.07, 6.45) is 0. The van der Waals surface area contributed by atoms with E-state index in [0.717, 1.165) is 41.5 Å². The number of hydrogen-bond acceptors (Lipinski definition) is 13. The van der Waals surface area contributed by atoms with Crippen LogP contribution in [0.2, 0.25) is 0 Å². The zero-order chi connectivity index (χ0) is 21.5. The van der Waals surface area contributed by atoms with Gasteiger partial charge in [-0.25, -0.2) is 0 Å². The summed E-state index contributed by atoms with van der Waals surface area (Å²) in [5.74, 6) is -6.50. The number of carboxylic acid groups (broad SMARTS) is 6. The molecule has 0 aliphatic rings. The zero-order valence-corrected chi connectivity index (χ0v) is 17.2. The zero-order valence-electron chi connectivity index (χ0n) is 17.2. The van der Waals surface area contributed by atoms with Crippen LogP contribution in [-0.4, -0.2) is 81.8 Å². The largest absolute Gasteiger partial charge is 2.00 e. The van der Waals surface area contributed by atoms with E-state index in [1.165, 1.54) is 0 Å². The molecule has 0 atom stereocenters. The first-order valence-electron chi connectivity index (χ1n) is 5.45. The van der Waals surface area contributed by atoms with Crippen LogP contribution in [0.1, 0.15) is 41.5 Å². The third kappa shape index (κ3) is 2160. The second kappa shape index (κ2) is 63.7. The van der Waals surface area contributed by atoms with Crippen molar-refractivity contribution in [3.63, 3.8) is 0 Å². The van der Waals surface area contributed by atoms with Crippen molar-refractivity contribution in [3.8, 4) is 0 Å². The molecule has 0 heterocycles. The molecule has 152 valence electrons. The maximum atomic E-state index is 8.89. The molecule has 0 rings (SSSR count). The van der Waals surface area contributed by atoms with Crippen molar-refractivity contribution in [1.82, 2.24) is 0 Å². The molecule has 0 aromatic rings. The standard InChI is InChI=1S/6C2H4O2.4Be.H2O/c6*1-2(3)4;;;;;/h6*1H3,(H,3,4);;;;;1H2/q;;;;;;4*+2;/p-7. The molecule has 0 aromatic heterocycles. The Hall–Kier alpha value is -2.54. The summed E-state index contributed by atoms with van der Waals surface area (Å²) in [5.41, 5.74) is 0. The molecule has 0 fully saturated rings. The fourth-order valence-corrected chi connectivity index (χ4v) is 0. The number of rotatable bonds is 0. The summed E-state index contributed by atoms with van der Waals surface area (Å²) >= 11 is 0. The van der Waals surface area contributed by atoms with Gasteiger partial charge in [0, 0.05) is 35.8 Å². The minimum atomic E-state index is -1.08. The van der Waals surface area contributed by atoms with Crippen molar-refractivity contribution in [2.75, 3.05) is 0 Å². The number of carbonyl (C=O) groups excluding carboxylic acids is 6. The van der Waals surface area contributed by atoms with Gasteiger partial charge in [-0.05, 0) is 41.5 Å². The normalized spacial score (nSPS) is 5.17. The monoisotopic (exact) mass is 407 g/mol. The van der Waals surface area contributed by atoms with Crippen LogP contribution in [0.15, 0.2) is 0 Å². The van der Waals surface area contributed by atoms with E-state index in [0.29, 0.717) is 0 Å². The summed E-state index contributed by atoms with van der Waals surface area (Å²) in [5, 5.41) is 53.3. The Morgan fingerprint density at radius 2 is 0.345 bits per heavy atom. The minimum Gasteiger partial charge on any atom is -0.870 e. The van der Waals surface area contributed by atoms with Gasteiger partial charge in [0.1, 0.15) is 0 Å². The topological polar surface area (TPSA) is 271 Å². The summed E-state index contributed by atoms with van der Waals surface area (Å²) < 4.78 is 0. The van der Waals surface area contributed by atoms with E-state index >= 15 is 0 Å². The molecule has 0 spiro atoms. The molecule has 0 unspecified atom stereocenters. The maximum Gasteiger partial charge on any atom is 2.00 e. The van der Waals surface area contributed by atoms with Crippen LogP contribution in [0.4, 0.5) is 0 Å². The van der Waals surface area contributed by atoms with Gasteiger partial charge in [0.15, 0.2) is 0 Å². The Bertz CT molecular complexity index is 273. The Morgan fingerprint density at radius 1 is 0.345 bits per heavy atom. The number of hydrogen-bond donors (Lipinski definition) is 0. The van der Waals surface area contributed by atoms with Crippen molar-refractivity contribution < 1.29 is 64.9 Å². The van der Waals surface area contributed by atoms with Gasteiger partial charge in [-0.1, -0.05) is 0 Å². The van der Waals surface area contributed by atoms with Gasteiger partial charge >= 0.3 is 40.5 Å². The summed E-state index contributed by atoms with van der Waals surface area (Å²) in [6.45, 7) is 5.83. The van der Waals surface area contributed by atoms with E-state index in [9.17, 15) is 0 Å². The molecule has 0 saturated heterocycles. The van der Waals surface area contributed by atoms with Crippen LogP contribution < -0.4 is 30.6 Å². The third-order valence-corrected chi connectivity index (χ3v) is 0. The third-order valence-electron chi connectivity index (χ3n) is 0. The van der Waals surface area contributed by atoms with E-state index in [4.69, 9.17) is 59.4 Å². The molecule has 0 aliphatic carbocycles. The first-order valence-corrected chi connectivity index (χ1v) is 5.45. The van der Waals surface area contributed by atoms with E-state index in [1.807, 2.05) is 0 Å². The van der Waals surface area contributed by atoms with Crippen molar-refractivity contribution in [2.24, 2.45) is 0 Å². The van der Waals surface area contributed by atoms with Gasteiger partial charge in [-0.15, -0.1) is 0 Å². The molecule has 0 aliphatic heterocycles. The van der Waals surface area contributed by atoms with E-state index in [2.05, 4.69) is 0 Å². The van der Waals surface area contributed by atoms with Crippen molar-refractivity contribution in [3.05, 3.63) is 0 Å². The molecular formula is C12H19Be4O13+. The van der Waals surface area contributed by atoms with Crippen molar-refractivity contribution >= 4 is 76.3 Å². The first-order chi connectivity index (χ1) is 10.4. The summed E-state index contributed by atoms with van der Waals surface area (Å²) in [6, 6.07) is 0. The Morgan fingerprint density at radius 3 is 0.345 bits per heavy atom. The second-order valence-electron chi connectivity index (χ2n) is 2.95. The molecule has 17 heteroatoms. The van der Waals surface area contributed by atoms with E-state index in [-0.39, 0.29) is 46.0 Å². The van der Waals surface area contributed by atoms with Crippen molar-refractivity contribution in [1.29, 1.82) is 0 Å². The molecule has 0 bridgehead atoms. The quantitative estimate of drug-likeness (QED) is 0.337. The fourth-order valence-electron chi connectivity index (χ4n) is 0. The van der Waals surface area contributed by atoms with Gasteiger partial charge in [-0.3, -0.25) is 0 Å². The minimum absolute atomic E-state index is 0. The van der Waals surface area contributed by atoms with Crippen LogP contribution >= 0.6 is 0 Å². The Kier molecular flexibility index (Phi) is 158. The van der Waals surface area contributed by atoms with Crippen LogP contribution in [-0.2, 0) is 28.8 Å². The van der Waals surface area contributed by atoms with Gasteiger partial charge in [0.2, 0.25) is 0 Å². The van der Waals surface area contributed by atoms with Crippen molar-refractivity contribution in [2.45, 2.75) is 41.5 Å². The molecular weight excluding hydrogens is 388 g/mol. The number of carbonyl (C=O) groups is 6. The molecule has 0 saturated carbocycles. The van der Waals surface area contributed by atoms with Crippen LogP contribution in [0, 0.1) is 0 Å². The number of aliphatic carboxylic acids is 6.